The van der Waals surface area contributed by atoms with E-state index in [9.17, 15) is 0 Å². The molecule has 1 aliphatic carbocycles. The van der Waals surface area contributed by atoms with Crippen molar-refractivity contribution in [1.29, 1.82) is 0 Å². The molecule has 0 aromatic carbocycles. The summed E-state index contributed by atoms with van der Waals surface area (Å²) in [7, 11) is 0. The lowest BCUT2D eigenvalue weighted by molar-refractivity contribution is 0.547. The van der Waals surface area contributed by atoms with Crippen molar-refractivity contribution in [3.05, 3.63) is 23.8 Å². The minimum atomic E-state index is 0.648. The van der Waals surface area contributed by atoms with Crippen LogP contribution in [0.15, 0.2) is 12.3 Å². The molecule has 15 heavy (non-hydrogen) atoms. The zero-order valence-electron chi connectivity index (χ0n) is 9.53. The summed E-state index contributed by atoms with van der Waals surface area (Å²) in [4.78, 5) is 8.86. The Balaban J connectivity index is 1.87. The molecule has 1 fully saturated rings. The summed E-state index contributed by atoms with van der Waals surface area (Å²) < 4.78 is 0. The van der Waals surface area contributed by atoms with E-state index in [1.807, 2.05) is 12.3 Å². The van der Waals surface area contributed by atoms with E-state index >= 15 is 0 Å². The summed E-state index contributed by atoms with van der Waals surface area (Å²) in [5.74, 6) is 2.38. The molecule has 0 saturated heterocycles. The molecule has 3 heteroatoms. The minimum Gasteiger partial charge on any atom is -0.311 e. The van der Waals surface area contributed by atoms with Crippen LogP contribution in [-0.4, -0.2) is 16.5 Å². The summed E-state index contributed by atoms with van der Waals surface area (Å²) in [5.41, 5.74) is 1.12. The second kappa shape index (κ2) is 4.71. The first-order chi connectivity index (χ1) is 7.25. The SMILES string of the molecule is CC(C)CNCc1ccnc(C2CC2)n1. The van der Waals surface area contributed by atoms with Crippen LogP contribution < -0.4 is 5.32 Å². The smallest absolute Gasteiger partial charge is 0.131 e. The van der Waals surface area contributed by atoms with Crippen molar-refractivity contribution in [2.75, 3.05) is 6.54 Å². The third-order valence-corrected chi connectivity index (χ3v) is 2.53. The summed E-state index contributed by atoms with van der Waals surface area (Å²) >= 11 is 0. The van der Waals surface area contributed by atoms with Crippen LogP contribution in [-0.2, 0) is 6.54 Å². The highest BCUT2D eigenvalue weighted by Gasteiger charge is 2.26. The maximum absolute atomic E-state index is 4.56. The van der Waals surface area contributed by atoms with Crippen LogP contribution in [0.25, 0.3) is 0 Å². The Morgan fingerprint density at radius 2 is 2.27 bits per heavy atom. The van der Waals surface area contributed by atoms with Crippen molar-refractivity contribution < 1.29 is 0 Å². The van der Waals surface area contributed by atoms with Crippen LogP contribution >= 0.6 is 0 Å². The molecule has 1 aromatic rings. The predicted molar refractivity (Wildman–Crippen MR) is 60.6 cm³/mol. The van der Waals surface area contributed by atoms with Crippen molar-refractivity contribution in [3.63, 3.8) is 0 Å². The van der Waals surface area contributed by atoms with Gasteiger partial charge in [-0.2, -0.15) is 0 Å². The Labute approximate surface area is 91.3 Å². The van der Waals surface area contributed by atoms with Gasteiger partial charge < -0.3 is 5.32 Å². The molecular weight excluding hydrogens is 186 g/mol. The van der Waals surface area contributed by atoms with Gasteiger partial charge in [-0.25, -0.2) is 9.97 Å². The van der Waals surface area contributed by atoms with Gasteiger partial charge in [-0.15, -0.1) is 0 Å². The van der Waals surface area contributed by atoms with Gasteiger partial charge in [-0.1, -0.05) is 13.8 Å². The fraction of sp³-hybridized carbons (Fsp3) is 0.667. The van der Waals surface area contributed by atoms with Crippen molar-refractivity contribution >= 4 is 0 Å². The van der Waals surface area contributed by atoms with Crippen molar-refractivity contribution in [2.45, 2.75) is 39.2 Å². The Bertz CT molecular complexity index is 318. The molecule has 0 aliphatic heterocycles. The van der Waals surface area contributed by atoms with Gasteiger partial charge in [0.15, 0.2) is 0 Å². The first kappa shape index (κ1) is 10.6. The quantitative estimate of drug-likeness (QED) is 0.800. The first-order valence-corrected chi connectivity index (χ1v) is 5.78. The van der Waals surface area contributed by atoms with Crippen LogP contribution in [0.3, 0.4) is 0 Å². The molecule has 3 nitrogen and oxygen atoms in total. The summed E-state index contributed by atoms with van der Waals surface area (Å²) in [6, 6.07) is 2.00. The van der Waals surface area contributed by atoms with Gasteiger partial charge in [-0.05, 0) is 31.4 Å². The highest BCUT2D eigenvalue weighted by Crippen LogP contribution is 2.37. The van der Waals surface area contributed by atoms with E-state index in [0.717, 1.165) is 24.6 Å². The Hall–Kier alpha value is -0.960. The van der Waals surface area contributed by atoms with Crippen molar-refractivity contribution in [1.82, 2.24) is 15.3 Å². The third kappa shape index (κ3) is 3.27. The normalized spacial score (nSPS) is 15.9. The number of nitrogens with zero attached hydrogens (tertiary/aromatic N) is 2. The molecule has 0 spiro atoms. The van der Waals surface area contributed by atoms with E-state index in [1.54, 1.807) is 0 Å². The van der Waals surface area contributed by atoms with Gasteiger partial charge in [0.2, 0.25) is 0 Å². The zero-order valence-corrected chi connectivity index (χ0v) is 9.53. The number of nitrogens with one attached hydrogen (secondary N) is 1. The van der Waals surface area contributed by atoms with Crippen LogP contribution in [0.2, 0.25) is 0 Å². The van der Waals surface area contributed by atoms with Gasteiger partial charge in [0.1, 0.15) is 5.82 Å². The van der Waals surface area contributed by atoms with Crippen LogP contribution in [0.5, 0.6) is 0 Å². The lowest BCUT2D eigenvalue weighted by Gasteiger charge is -2.07. The Morgan fingerprint density at radius 1 is 1.47 bits per heavy atom. The van der Waals surface area contributed by atoms with Crippen LogP contribution in [0, 0.1) is 5.92 Å². The van der Waals surface area contributed by atoms with Crippen molar-refractivity contribution in [3.8, 4) is 0 Å². The molecule has 82 valence electrons. The van der Waals surface area contributed by atoms with Crippen LogP contribution in [0.1, 0.15) is 44.1 Å². The van der Waals surface area contributed by atoms with E-state index in [1.165, 1.54) is 12.8 Å². The number of hydrogen-bond donors (Lipinski definition) is 1. The minimum absolute atomic E-state index is 0.648. The molecule has 1 saturated carbocycles. The molecule has 0 atom stereocenters. The van der Waals surface area contributed by atoms with E-state index in [-0.39, 0.29) is 0 Å². The second-order valence-electron chi connectivity index (χ2n) is 4.71. The largest absolute Gasteiger partial charge is 0.311 e. The lowest BCUT2D eigenvalue weighted by Crippen LogP contribution is -2.19. The van der Waals surface area contributed by atoms with Crippen LogP contribution in [0.4, 0.5) is 0 Å². The fourth-order valence-electron chi connectivity index (χ4n) is 1.54. The van der Waals surface area contributed by atoms with E-state index in [4.69, 9.17) is 0 Å². The molecule has 0 bridgehead atoms. The topological polar surface area (TPSA) is 37.8 Å². The first-order valence-electron chi connectivity index (χ1n) is 5.78. The predicted octanol–water partition coefficient (Wildman–Crippen LogP) is 2.10. The third-order valence-electron chi connectivity index (χ3n) is 2.53. The molecule has 0 unspecified atom stereocenters. The van der Waals surface area contributed by atoms with Crippen molar-refractivity contribution in [2.24, 2.45) is 5.92 Å². The molecule has 0 amide bonds. The Kier molecular flexibility index (Phi) is 3.31. The summed E-state index contributed by atoms with van der Waals surface area (Å²) in [5, 5.41) is 3.40. The molecule has 1 aromatic heterocycles. The highest BCUT2D eigenvalue weighted by molar-refractivity contribution is 5.09. The van der Waals surface area contributed by atoms with Gasteiger partial charge in [0.05, 0.1) is 5.69 Å². The zero-order chi connectivity index (χ0) is 10.7. The average molecular weight is 205 g/mol. The lowest BCUT2D eigenvalue weighted by atomic mass is 10.2. The fourth-order valence-corrected chi connectivity index (χ4v) is 1.54. The average Bonchev–Trinajstić information content (AvgIpc) is 3.01. The Morgan fingerprint density at radius 3 is 2.93 bits per heavy atom. The molecule has 1 N–H and O–H groups in total. The number of hydrogen-bond acceptors (Lipinski definition) is 3. The maximum Gasteiger partial charge on any atom is 0.131 e. The highest BCUT2D eigenvalue weighted by atomic mass is 14.9. The van der Waals surface area contributed by atoms with Gasteiger partial charge in [0, 0.05) is 18.7 Å². The monoisotopic (exact) mass is 205 g/mol. The van der Waals surface area contributed by atoms with Gasteiger partial charge >= 0.3 is 0 Å². The molecular formula is C12H19N3. The molecule has 1 heterocycles. The van der Waals surface area contributed by atoms with E-state index < -0.39 is 0 Å². The molecule has 2 rings (SSSR count). The number of aromatic nitrogens is 2. The van der Waals surface area contributed by atoms with E-state index in [2.05, 4.69) is 29.1 Å². The summed E-state index contributed by atoms with van der Waals surface area (Å²) in [6.07, 6.45) is 4.42. The molecule has 1 aliphatic rings. The van der Waals surface area contributed by atoms with Gasteiger partial charge in [0.25, 0.3) is 0 Å². The molecule has 0 radical (unpaired) electrons. The maximum atomic E-state index is 4.56. The number of rotatable bonds is 5. The second-order valence-corrected chi connectivity index (χ2v) is 4.71. The standard InChI is InChI=1S/C12H19N3/c1-9(2)7-13-8-11-5-6-14-12(15-11)10-3-4-10/h5-6,9-10,13H,3-4,7-8H2,1-2H3. The van der Waals surface area contributed by atoms with Gasteiger partial charge in [-0.3, -0.25) is 0 Å². The van der Waals surface area contributed by atoms with E-state index in [0.29, 0.717) is 11.8 Å². The summed E-state index contributed by atoms with van der Waals surface area (Å²) in [6.45, 7) is 6.33.